The number of fused-ring (bicyclic) bond motifs is 1. The Morgan fingerprint density at radius 1 is 1.08 bits per heavy atom. The van der Waals surface area contributed by atoms with Gasteiger partial charge in [-0.15, -0.1) is 0 Å². The minimum atomic E-state index is 0.913. The molecule has 3 heterocycles. The first-order valence-corrected chi connectivity index (χ1v) is 9.08. The maximum absolute atomic E-state index is 4.53. The first-order valence-electron chi connectivity index (χ1n) is 8.29. The van der Waals surface area contributed by atoms with Crippen molar-refractivity contribution < 1.29 is 0 Å². The van der Waals surface area contributed by atoms with Gasteiger partial charge in [0.15, 0.2) is 0 Å². The van der Waals surface area contributed by atoms with Gasteiger partial charge >= 0.3 is 0 Å². The largest absolute Gasteiger partial charge is 0.369 e. The molecule has 1 aromatic carbocycles. The molecule has 1 aliphatic rings. The van der Waals surface area contributed by atoms with Crippen LogP contribution in [0.2, 0.25) is 0 Å². The summed E-state index contributed by atoms with van der Waals surface area (Å²) in [5.74, 6) is 0. The van der Waals surface area contributed by atoms with Crippen LogP contribution in [0, 0.1) is 6.92 Å². The summed E-state index contributed by atoms with van der Waals surface area (Å²) in [5, 5.41) is 1.12. The monoisotopic (exact) mass is 384 g/mol. The Kier molecular flexibility index (Phi) is 4.06. The Hall–Kier alpha value is -1.85. The number of hydrogen-bond donors (Lipinski definition) is 1. The first-order chi connectivity index (χ1) is 11.6. The van der Waals surface area contributed by atoms with Crippen molar-refractivity contribution in [2.45, 2.75) is 6.92 Å². The molecule has 0 aliphatic carbocycles. The number of likely N-dealkylation sites (N-methyl/N-ethyl adjacent to an activating group) is 1. The zero-order chi connectivity index (χ0) is 16.7. The molecule has 124 valence electrons. The lowest BCUT2D eigenvalue weighted by Gasteiger charge is -2.35. The molecule has 0 saturated carbocycles. The fourth-order valence-electron chi connectivity index (χ4n) is 3.37. The van der Waals surface area contributed by atoms with Gasteiger partial charge in [0.25, 0.3) is 0 Å². The van der Waals surface area contributed by atoms with Gasteiger partial charge in [-0.3, -0.25) is 0 Å². The third-order valence-corrected chi connectivity index (χ3v) is 5.51. The van der Waals surface area contributed by atoms with E-state index in [4.69, 9.17) is 0 Å². The van der Waals surface area contributed by atoms with Crippen molar-refractivity contribution >= 4 is 32.7 Å². The molecule has 3 aromatic rings. The van der Waals surface area contributed by atoms with Gasteiger partial charge in [0, 0.05) is 59.7 Å². The van der Waals surface area contributed by atoms with Crippen molar-refractivity contribution in [3.05, 3.63) is 46.7 Å². The Labute approximate surface area is 150 Å². The van der Waals surface area contributed by atoms with Gasteiger partial charge < -0.3 is 14.8 Å². The van der Waals surface area contributed by atoms with E-state index in [9.17, 15) is 0 Å². The highest BCUT2D eigenvalue weighted by Gasteiger charge is 2.16. The minimum absolute atomic E-state index is 0.913. The van der Waals surface area contributed by atoms with E-state index in [0.29, 0.717) is 0 Å². The van der Waals surface area contributed by atoms with Crippen molar-refractivity contribution in [1.29, 1.82) is 0 Å². The van der Waals surface area contributed by atoms with Crippen LogP contribution in [0.5, 0.6) is 0 Å². The molecule has 2 aromatic heterocycles. The maximum atomic E-state index is 4.53. The highest BCUT2D eigenvalue weighted by molar-refractivity contribution is 9.10. The van der Waals surface area contributed by atoms with Crippen molar-refractivity contribution in [1.82, 2.24) is 14.9 Å². The number of pyridine rings is 1. The van der Waals surface area contributed by atoms with Crippen LogP contribution in [0.25, 0.3) is 22.2 Å². The number of halogens is 1. The molecule has 24 heavy (non-hydrogen) atoms. The molecule has 0 unspecified atom stereocenters. The summed E-state index contributed by atoms with van der Waals surface area (Å²) < 4.78 is 1.05. The normalized spacial score (nSPS) is 16.0. The predicted molar refractivity (Wildman–Crippen MR) is 104 cm³/mol. The molecule has 0 spiro atoms. The van der Waals surface area contributed by atoms with Crippen LogP contribution in [0.15, 0.2) is 41.1 Å². The second-order valence-corrected chi connectivity index (χ2v) is 7.40. The van der Waals surface area contributed by atoms with Crippen LogP contribution in [0.4, 0.5) is 5.69 Å². The molecule has 0 amide bonds. The van der Waals surface area contributed by atoms with Gasteiger partial charge in [0.05, 0.1) is 0 Å². The van der Waals surface area contributed by atoms with Crippen LogP contribution in [-0.4, -0.2) is 48.1 Å². The number of hydrogen-bond acceptors (Lipinski definition) is 3. The minimum Gasteiger partial charge on any atom is -0.369 e. The lowest BCUT2D eigenvalue weighted by atomic mass is 10.0. The number of piperazine rings is 1. The van der Waals surface area contributed by atoms with E-state index in [0.717, 1.165) is 47.2 Å². The smallest absolute Gasteiger partial charge is 0.138 e. The fraction of sp³-hybridized carbons (Fsp3) is 0.316. The molecule has 0 atom stereocenters. The van der Waals surface area contributed by atoms with Gasteiger partial charge in [-0.05, 0) is 59.2 Å². The van der Waals surface area contributed by atoms with E-state index in [-0.39, 0.29) is 0 Å². The zero-order valence-corrected chi connectivity index (χ0v) is 15.6. The molecule has 0 radical (unpaired) electrons. The number of aromatic amines is 1. The summed E-state index contributed by atoms with van der Waals surface area (Å²) in [7, 11) is 2.19. The standard InChI is InChI=1S/C19H21BrN4/c1-13-9-14(3-4-18(13)24-7-5-23(2)6-8-24)15-10-16-17(20)12-22-19(16)21-11-15/h3-4,9-12H,5-8H2,1-2H3,(H,21,22). The Balaban J connectivity index is 1.66. The highest BCUT2D eigenvalue weighted by atomic mass is 79.9. The van der Waals surface area contributed by atoms with Gasteiger partial charge in [-0.25, -0.2) is 4.98 Å². The van der Waals surface area contributed by atoms with E-state index in [2.05, 4.69) is 73.9 Å². The van der Waals surface area contributed by atoms with E-state index < -0.39 is 0 Å². The van der Waals surface area contributed by atoms with Crippen molar-refractivity contribution in [2.75, 3.05) is 38.1 Å². The number of nitrogens with one attached hydrogen (secondary N) is 1. The number of H-pyrrole nitrogens is 1. The fourth-order valence-corrected chi connectivity index (χ4v) is 3.78. The third-order valence-electron chi connectivity index (χ3n) is 4.85. The Morgan fingerprint density at radius 2 is 1.88 bits per heavy atom. The third kappa shape index (κ3) is 2.82. The lowest BCUT2D eigenvalue weighted by molar-refractivity contribution is 0.312. The van der Waals surface area contributed by atoms with Crippen LogP contribution in [-0.2, 0) is 0 Å². The van der Waals surface area contributed by atoms with Crippen LogP contribution in [0.1, 0.15) is 5.56 Å². The molecule has 0 bridgehead atoms. The van der Waals surface area contributed by atoms with E-state index >= 15 is 0 Å². The van der Waals surface area contributed by atoms with Gasteiger partial charge in [0.1, 0.15) is 5.65 Å². The maximum Gasteiger partial charge on any atom is 0.138 e. The Bertz CT molecular complexity index is 878. The quantitative estimate of drug-likeness (QED) is 0.723. The van der Waals surface area contributed by atoms with Crippen molar-refractivity contribution in [3.63, 3.8) is 0 Å². The van der Waals surface area contributed by atoms with Crippen LogP contribution in [0.3, 0.4) is 0 Å². The summed E-state index contributed by atoms with van der Waals surface area (Å²) in [6, 6.07) is 8.93. The summed E-state index contributed by atoms with van der Waals surface area (Å²) >= 11 is 3.57. The SMILES string of the molecule is Cc1cc(-c2cnc3[nH]cc(Br)c3c2)ccc1N1CCN(C)CC1. The number of aromatic nitrogens is 2. The molecule has 1 fully saturated rings. The number of anilines is 1. The van der Waals surface area contributed by atoms with Gasteiger partial charge in [-0.1, -0.05) is 6.07 Å². The molecule has 1 saturated heterocycles. The molecule has 5 heteroatoms. The van der Waals surface area contributed by atoms with Crippen molar-refractivity contribution in [2.24, 2.45) is 0 Å². The summed E-state index contributed by atoms with van der Waals surface area (Å²) in [6.07, 6.45) is 3.87. The number of benzene rings is 1. The summed E-state index contributed by atoms with van der Waals surface area (Å²) in [6.45, 7) is 6.66. The predicted octanol–water partition coefficient (Wildman–Crippen LogP) is 4.05. The average Bonchev–Trinajstić information content (AvgIpc) is 2.96. The molecule has 4 nitrogen and oxygen atoms in total. The first kappa shape index (κ1) is 15.7. The van der Waals surface area contributed by atoms with Crippen molar-refractivity contribution in [3.8, 4) is 11.1 Å². The number of aryl methyl sites for hydroxylation is 1. The molecule has 1 aliphatic heterocycles. The van der Waals surface area contributed by atoms with E-state index in [1.165, 1.54) is 16.8 Å². The molecule has 1 N–H and O–H groups in total. The number of rotatable bonds is 2. The second kappa shape index (κ2) is 6.22. The Morgan fingerprint density at radius 3 is 2.62 bits per heavy atom. The molecular weight excluding hydrogens is 364 g/mol. The zero-order valence-electron chi connectivity index (χ0n) is 14.0. The van der Waals surface area contributed by atoms with Gasteiger partial charge in [0.2, 0.25) is 0 Å². The van der Waals surface area contributed by atoms with Gasteiger partial charge in [-0.2, -0.15) is 0 Å². The average molecular weight is 385 g/mol. The van der Waals surface area contributed by atoms with Crippen LogP contribution < -0.4 is 4.90 Å². The lowest BCUT2D eigenvalue weighted by Crippen LogP contribution is -2.44. The topological polar surface area (TPSA) is 35.2 Å². The summed E-state index contributed by atoms with van der Waals surface area (Å²) in [4.78, 5) is 12.6. The van der Waals surface area contributed by atoms with E-state index in [1.807, 2.05) is 12.4 Å². The molecular formula is C19H21BrN4. The van der Waals surface area contributed by atoms with Crippen LogP contribution >= 0.6 is 15.9 Å². The highest BCUT2D eigenvalue weighted by Crippen LogP contribution is 2.30. The van der Waals surface area contributed by atoms with E-state index in [1.54, 1.807) is 0 Å². The summed E-state index contributed by atoms with van der Waals surface area (Å²) in [5.41, 5.74) is 5.95. The number of nitrogens with zero attached hydrogens (tertiary/aromatic N) is 3. The second-order valence-electron chi connectivity index (χ2n) is 6.55. The molecule has 4 rings (SSSR count).